The topological polar surface area (TPSA) is 0 Å². The molecule has 0 N–H and O–H groups in total. The van der Waals surface area contributed by atoms with Crippen LogP contribution in [-0.4, -0.2) is 16.1 Å². The van der Waals surface area contributed by atoms with Crippen molar-refractivity contribution in [3.8, 4) is 22.3 Å². The molecule has 45 heavy (non-hydrogen) atoms. The number of rotatable bonds is 10. The van der Waals surface area contributed by atoms with Crippen LogP contribution in [0.3, 0.4) is 0 Å². The van der Waals surface area contributed by atoms with Gasteiger partial charge in [-0.15, -0.1) is 0 Å². The van der Waals surface area contributed by atoms with Gasteiger partial charge in [0.05, 0.1) is 0 Å². The Morgan fingerprint density at radius 3 is 1.31 bits per heavy atom. The van der Waals surface area contributed by atoms with Crippen LogP contribution in [0.5, 0.6) is 0 Å². The van der Waals surface area contributed by atoms with E-state index in [1.165, 1.54) is 50.6 Å². The van der Waals surface area contributed by atoms with Gasteiger partial charge in [0.25, 0.3) is 0 Å². The molecule has 2 aliphatic carbocycles. The summed E-state index contributed by atoms with van der Waals surface area (Å²) in [4.78, 5) is 0. The van der Waals surface area contributed by atoms with Crippen molar-refractivity contribution in [1.82, 2.24) is 0 Å². The van der Waals surface area contributed by atoms with Gasteiger partial charge in [-0.25, -0.2) is 0 Å². The Balaban J connectivity index is 0.00000179. The average Bonchev–Trinajstić information content (AvgIpc) is 3.52. The van der Waals surface area contributed by atoms with Gasteiger partial charge in [-0.3, -0.25) is 0 Å². The molecule has 0 radical (unpaired) electrons. The van der Waals surface area contributed by atoms with Crippen LogP contribution in [0.1, 0.15) is 85.7 Å². The molecule has 2 fully saturated rings. The fraction of sp³-hybridized carbons (Fsp3) is 0.400. The molecule has 4 aliphatic rings. The van der Waals surface area contributed by atoms with Gasteiger partial charge in [-0.1, -0.05) is 0 Å². The summed E-state index contributed by atoms with van der Waals surface area (Å²) in [5, 5.41) is 0. The molecule has 2 atom stereocenters. The van der Waals surface area contributed by atoms with Crippen LogP contribution in [-0.2, 0) is 23.2 Å². The molecule has 0 nitrogen and oxygen atoms in total. The summed E-state index contributed by atoms with van der Waals surface area (Å²) in [6.45, 7) is 4.81. The van der Waals surface area contributed by atoms with Gasteiger partial charge in [0.15, 0.2) is 0 Å². The van der Waals surface area contributed by atoms with Crippen molar-refractivity contribution in [1.29, 1.82) is 0 Å². The molecular formula is C40H46Cl2Si2Zr. The predicted molar refractivity (Wildman–Crippen MR) is 186 cm³/mol. The number of fused-ring (bicyclic) bond motifs is 6. The molecule has 8 rings (SSSR count). The molecule has 0 bridgehead atoms. The Labute approximate surface area is 297 Å². The van der Waals surface area contributed by atoms with E-state index in [1.54, 1.807) is 64.1 Å². The first-order chi connectivity index (χ1) is 21.2. The minimum absolute atomic E-state index is 0. The van der Waals surface area contributed by atoms with Crippen molar-refractivity contribution in [2.75, 3.05) is 0 Å². The third-order valence-electron chi connectivity index (χ3n) is 12.2. The van der Waals surface area contributed by atoms with Crippen LogP contribution >= 0.6 is 0 Å². The second kappa shape index (κ2) is 13.7. The number of hydrogen-bond donors (Lipinski definition) is 0. The second-order valence-corrected chi connectivity index (χ2v) is 27.2. The first-order valence-corrected chi connectivity index (χ1v) is 25.3. The van der Waals surface area contributed by atoms with Crippen LogP contribution in [0.4, 0.5) is 0 Å². The van der Waals surface area contributed by atoms with E-state index in [0.29, 0.717) is 0 Å². The summed E-state index contributed by atoms with van der Waals surface area (Å²) in [6, 6.07) is 43.5. The summed E-state index contributed by atoms with van der Waals surface area (Å²) < 4.78 is 3.61. The van der Waals surface area contributed by atoms with Gasteiger partial charge in [-0.2, -0.15) is 0 Å². The maximum Gasteiger partial charge on any atom is -1.00 e. The van der Waals surface area contributed by atoms with Gasteiger partial charge in [0.1, 0.15) is 0 Å². The molecule has 0 aromatic heterocycles. The minimum Gasteiger partial charge on any atom is -1.00 e. The van der Waals surface area contributed by atoms with E-state index in [9.17, 15) is 0 Å². The van der Waals surface area contributed by atoms with Crippen molar-refractivity contribution in [2.45, 2.75) is 99.7 Å². The summed E-state index contributed by atoms with van der Waals surface area (Å²) in [5.41, 5.74) is 14.9. The van der Waals surface area contributed by atoms with E-state index < -0.39 is 39.4 Å². The monoisotopic (exact) mass is 742 g/mol. The van der Waals surface area contributed by atoms with Gasteiger partial charge < -0.3 is 24.8 Å². The molecular weight excluding hydrogens is 699 g/mol. The van der Waals surface area contributed by atoms with Gasteiger partial charge in [0.2, 0.25) is 0 Å². The standard InChI is InChI=1S/2C20H23Si.2ClH.Zr/c2*1-2-3-13-21(14-8-15-21)20-18-11-6-4-9-16(18)17-10-5-7-12-19(17)20;;;/h2*4-7,9-11,20H,2-3,8,13-15H2,1H3;2*1H;/q;;;;+2/p-2. The molecule has 2 unspecified atom stereocenters. The Kier molecular flexibility index (Phi) is 10.3. The number of unbranched alkanes of at least 4 members (excludes halogenated alkanes) is 2. The maximum absolute atomic E-state index is 2.61. The molecule has 0 amide bonds. The first-order valence-electron chi connectivity index (χ1n) is 17.4. The molecule has 0 saturated carbocycles. The zero-order chi connectivity index (χ0) is 29.0. The normalized spacial score (nSPS) is 20.6. The zero-order valence-corrected chi connectivity index (χ0v) is 32.9. The number of halogens is 2. The Bertz CT molecular complexity index is 1550. The zero-order valence-electron chi connectivity index (χ0n) is 27.0. The van der Waals surface area contributed by atoms with E-state index >= 15 is 0 Å². The summed E-state index contributed by atoms with van der Waals surface area (Å²) in [7, 11) is -2.75. The Morgan fingerprint density at radius 2 is 0.933 bits per heavy atom. The van der Waals surface area contributed by atoms with Gasteiger partial charge >= 0.3 is 275 Å². The van der Waals surface area contributed by atoms with Crippen molar-refractivity contribution in [3.05, 3.63) is 107 Å². The Morgan fingerprint density at radius 1 is 0.533 bits per heavy atom. The maximum atomic E-state index is 2.61. The van der Waals surface area contributed by atoms with E-state index in [4.69, 9.17) is 0 Å². The molecule has 2 aliphatic heterocycles. The van der Waals surface area contributed by atoms with Gasteiger partial charge in [-0.05, 0) is 0 Å². The van der Waals surface area contributed by atoms with Crippen molar-refractivity contribution >= 4 is 22.7 Å². The molecule has 0 spiro atoms. The fourth-order valence-electron chi connectivity index (χ4n) is 9.84. The van der Waals surface area contributed by atoms with Crippen LogP contribution in [0, 0.1) is 0 Å². The summed E-state index contributed by atoms with van der Waals surface area (Å²) in [5.74, 6) is 0. The van der Waals surface area contributed by atoms with Crippen molar-refractivity contribution in [2.24, 2.45) is 0 Å². The number of benzene rings is 4. The molecule has 5 heteroatoms. The third-order valence-corrected chi connectivity index (χ3v) is 27.4. The first kappa shape index (κ1) is 33.7. The third kappa shape index (κ3) is 5.40. The second-order valence-electron chi connectivity index (χ2n) is 14.3. The predicted octanol–water partition coefficient (Wildman–Crippen LogP) is 4.34. The summed E-state index contributed by atoms with van der Waals surface area (Å²) in [6.07, 6.45) is 8.50. The van der Waals surface area contributed by atoms with Crippen molar-refractivity contribution in [3.63, 3.8) is 0 Å². The average molecular weight is 745 g/mol. The van der Waals surface area contributed by atoms with E-state index in [0.717, 1.165) is 11.1 Å². The smallest absolute Gasteiger partial charge is 1.00 e. The largest absolute Gasteiger partial charge is 1.00 e. The molecule has 4 aromatic carbocycles. The van der Waals surface area contributed by atoms with Crippen LogP contribution < -0.4 is 31.4 Å². The molecule has 2 saturated heterocycles. The van der Waals surface area contributed by atoms with Crippen LogP contribution in [0.2, 0.25) is 36.3 Å². The van der Waals surface area contributed by atoms with E-state index in [1.807, 2.05) is 11.1 Å². The molecule has 4 aromatic rings. The molecule has 232 valence electrons. The van der Waals surface area contributed by atoms with Crippen molar-refractivity contribution < 1.29 is 48.0 Å². The van der Waals surface area contributed by atoms with Crippen LogP contribution in [0.15, 0.2) is 84.9 Å². The fourth-order valence-corrected chi connectivity index (χ4v) is 25.2. The minimum atomic E-state index is -1.38. The molecule has 2 heterocycles. The Hall–Kier alpha value is -1.22. The van der Waals surface area contributed by atoms with E-state index in [2.05, 4.69) is 98.8 Å². The van der Waals surface area contributed by atoms with Gasteiger partial charge in [0, 0.05) is 0 Å². The SMILES string of the molecule is CCCC[Si]1(C2c3ccccc3-c3ccc[c]([Zr+2][c]4cccc5c4C([Si]4(CCCC)CCC4)c4ccccc4-5)c32)CCC1.[Cl-].[Cl-]. The van der Waals surface area contributed by atoms with E-state index in [-0.39, 0.29) is 24.8 Å². The quantitative estimate of drug-likeness (QED) is 0.212. The number of hydrogen-bond acceptors (Lipinski definition) is 0. The summed E-state index contributed by atoms with van der Waals surface area (Å²) >= 11 is -1.04. The van der Waals surface area contributed by atoms with Crippen LogP contribution in [0.25, 0.3) is 22.3 Å².